The maximum absolute atomic E-state index is 13.3. The van der Waals surface area contributed by atoms with Crippen molar-refractivity contribution in [3.05, 3.63) is 102 Å². The predicted octanol–water partition coefficient (Wildman–Crippen LogP) is 3.73. The summed E-state index contributed by atoms with van der Waals surface area (Å²) in [5.41, 5.74) is 2.05. The van der Waals surface area contributed by atoms with E-state index in [1.807, 2.05) is 6.07 Å². The number of hydrogen-bond donors (Lipinski definition) is 1. The number of pyridine rings is 1. The second-order valence-corrected chi connectivity index (χ2v) is 9.21. The molecule has 0 radical (unpaired) electrons. The van der Waals surface area contributed by atoms with Crippen molar-refractivity contribution in [2.24, 2.45) is 0 Å². The fraction of sp³-hybridized carbons (Fsp3) is 0.130. The molecule has 1 unspecified atom stereocenters. The Morgan fingerprint density at radius 2 is 1.71 bits per heavy atom. The zero-order valence-corrected chi connectivity index (χ0v) is 17.5. The molecule has 0 aliphatic carbocycles. The molecule has 158 valence electrons. The van der Waals surface area contributed by atoms with E-state index in [0.29, 0.717) is 22.6 Å². The monoisotopic (exact) mass is 437 g/mol. The van der Waals surface area contributed by atoms with Crippen LogP contribution in [0.25, 0.3) is 5.65 Å². The van der Waals surface area contributed by atoms with E-state index in [0.717, 1.165) is 12.1 Å². The number of benzene rings is 2. The highest BCUT2D eigenvalue weighted by atomic mass is 32.2. The summed E-state index contributed by atoms with van der Waals surface area (Å²) in [6.07, 6.45) is 1.73. The minimum absolute atomic E-state index is 0.0111. The Bertz CT molecular complexity index is 1330. The van der Waals surface area contributed by atoms with E-state index >= 15 is 0 Å². The van der Waals surface area contributed by atoms with Gasteiger partial charge < -0.3 is 5.32 Å². The molecule has 0 fully saturated rings. The van der Waals surface area contributed by atoms with E-state index in [2.05, 4.69) is 10.3 Å². The standard InChI is InChI=1S/C23H20FN3O3S/c1-16-22(27-14-6-5-9-21(27)26-16)23(28)25-15-20(17-7-3-2-4-8-17)31(29,30)19-12-10-18(24)11-13-19/h2-14,20H,15H2,1H3,(H,25,28). The maximum Gasteiger partial charge on any atom is 0.270 e. The topological polar surface area (TPSA) is 80.5 Å². The summed E-state index contributed by atoms with van der Waals surface area (Å²) in [5.74, 6) is -0.946. The summed E-state index contributed by atoms with van der Waals surface area (Å²) in [7, 11) is -3.89. The number of nitrogens with zero attached hydrogens (tertiary/aromatic N) is 2. The van der Waals surface area contributed by atoms with Gasteiger partial charge in [-0.3, -0.25) is 9.20 Å². The second kappa shape index (κ2) is 8.31. The predicted molar refractivity (Wildman–Crippen MR) is 115 cm³/mol. The first-order valence-corrected chi connectivity index (χ1v) is 11.2. The fourth-order valence-electron chi connectivity index (χ4n) is 3.52. The van der Waals surface area contributed by atoms with Crippen LogP contribution in [0.1, 0.15) is 27.0 Å². The largest absolute Gasteiger partial charge is 0.349 e. The third kappa shape index (κ3) is 4.06. The number of aromatic nitrogens is 2. The number of carbonyl (C=O) groups excluding carboxylic acids is 1. The highest BCUT2D eigenvalue weighted by Crippen LogP contribution is 2.28. The van der Waals surface area contributed by atoms with Gasteiger partial charge in [0.15, 0.2) is 9.84 Å². The summed E-state index contributed by atoms with van der Waals surface area (Å²) in [6.45, 7) is 1.58. The summed E-state index contributed by atoms with van der Waals surface area (Å²) >= 11 is 0. The van der Waals surface area contributed by atoms with Crippen molar-refractivity contribution in [2.75, 3.05) is 6.54 Å². The minimum Gasteiger partial charge on any atom is -0.349 e. The van der Waals surface area contributed by atoms with Crippen LogP contribution >= 0.6 is 0 Å². The Kier molecular flexibility index (Phi) is 5.56. The van der Waals surface area contributed by atoms with Gasteiger partial charge in [-0.2, -0.15) is 0 Å². The molecule has 1 atom stereocenters. The van der Waals surface area contributed by atoms with Crippen LogP contribution in [-0.4, -0.2) is 30.3 Å². The molecule has 2 aromatic heterocycles. The Morgan fingerprint density at radius 3 is 2.42 bits per heavy atom. The van der Waals surface area contributed by atoms with Crippen LogP contribution < -0.4 is 5.32 Å². The molecular formula is C23H20FN3O3S. The smallest absolute Gasteiger partial charge is 0.270 e. The third-order valence-electron chi connectivity index (χ3n) is 5.06. The average Bonchev–Trinajstić information content (AvgIpc) is 3.10. The molecule has 2 aromatic carbocycles. The lowest BCUT2D eigenvalue weighted by Gasteiger charge is -2.19. The Hall–Kier alpha value is -3.52. The number of imidazole rings is 1. The zero-order valence-electron chi connectivity index (χ0n) is 16.7. The molecule has 0 aliphatic rings. The second-order valence-electron chi connectivity index (χ2n) is 7.08. The van der Waals surface area contributed by atoms with Crippen LogP contribution in [0.3, 0.4) is 0 Å². The number of aryl methyl sites for hydroxylation is 1. The molecule has 8 heteroatoms. The molecule has 2 heterocycles. The molecule has 4 rings (SSSR count). The van der Waals surface area contributed by atoms with E-state index in [-0.39, 0.29) is 11.4 Å². The normalized spacial score (nSPS) is 12.6. The molecule has 0 saturated heterocycles. The van der Waals surface area contributed by atoms with Gasteiger partial charge in [-0.25, -0.2) is 17.8 Å². The molecule has 0 spiro atoms. The molecule has 0 bridgehead atoms. The molecule has 0 saturated carbocycles. The van der Waals surface area contributed by atoms with Crippen molar-refractivity contribution in [3.63, 3.8) is 0 Å². The summed E-state index contributed by atoms with van der Waals surface area (Å²) < 4.78 is 41.6. The number of carbonyl (C=O) groups is 1. The van der Waals surface area contributed by atoms with Crippen LogP contribution in [0.15, 0.2) is 83.9 Å². The zero-order chi connectivity index (χ0) is 22.0. The van der Waals surface area contributed by atoms with Gasteiger partial charge in [0, 0.05) is 12.7 Å². The van der Waals surface area contributed by atoms with Crippen LogP contribution in [0, 0.1) is 12.7 Å². The van der Waals surface area contributed by atoms with Crippen LogP contribution in [0.5, 0.6) is 0 Å². The van der Waals surface area contributed by atoms with Crippen molar-refractivity contribution in [1.29, 1.82) is 0 Å². The van der Waals surface area contributed by atoms with E-state index in [4.69, 9.17) is 0 Å². The third-order valence-corrected chi connectivity index (χ3v) is 7.17. The molecule has 6 nitrogen and oxygen atoms in total. The van der Waals surface area contributed by atoms with Crippen LogP contribution in [0.4, 0.5) is 4.39 Å². The molecule has 1 amide bonds. The van der Waals surface area contributed by atoms with Crippen LogP contribution in [-0.2, 0) is 9.84 Å². The number of rotatable bonds is 6. The number of hydrogen-bond acceptors (Lipinski definition) is 4. The molecule has 4 aromatic rings. The van der Waals surface area contributed by atoms with Gasteiger partial charge >= 0.3 is 0 Å². The Balaban J connectivity index is 1.66. The SMILES string of the molecule is Cc1nc2ccccn2c1C(=O)NCC(c1ccccc1)S(=O)(=O)c1ccc(F)cc1. The summed E-state index contributed by atoms with van der Waals surface area (Å²) in [5, 5.41) is 1.71. The van der Waals surface area contributed by atoms with Crippen molar-refractivity contribution in [1.82, 2.24) is 14.7 Å². The summed E-state index contributed by atoms with van der Waals surface area (Å²) in [6, 6.07) is 18.7. The Labute approximate surface area is 179 Å². The van der Waals surface area contributed by atoms with Gasteiger partial charge in [0.25, 0.3) is 5.91 Å². The highest BCUT2D eigenvalue weighted by Gasteiger charge is 2.30. The van der Waals surface area contributed by atoms with Crippen molar-refractivity contribution in [2.45, 2.75) is 17.1 Å². The lowest BCUT2D eigenvalue weighted by molar-refractivity contribution is 0.0947. The van der Waals surface area contributed by atoms with Crippen molar-refractivity contribution >= 4 is 21.4 Å². The lowest BCUT2D eigenvalue weighted by Crippen LogP contribution is -2.33. The molecule has 1 N–H and O–H groups in total. The summed E-state index contributed by atoms with van der Waals surface area (Å²) in [4.78, 5) is 17.3. The fourth-order valence-corrected chi connectivity index (χ4v) is 5.18. The highest BCUT2D eigenvalue weighted by molar-refractivity contribution is 7.91. The first-order valence-electron chi connectivity index (χ1n) is 9.64. The number of fused-ring (bicyclic) bond motifs is 1. The van der Waals surface area contributed by atoms with E-state index in [9.17, 15) is 17.6 Å². The van der Waals surface area contributed by atoms with Gasteiger partial charge in [-0.05, 0) is 48.9 Å². The van der Waals surface area contributed by atoms with E-state index in [1.54, 1.807) is 60.0 Å². The van der Waals surface area contributed by atoms with Gasteiger partial charge in [0.2, 0.25) is 0 Å². The van der Waals surface area contributed by atoms with Crippen molar-refractivity contribution in [3.8, 4) is 0 Å². The van der Waals surface area contributed by atoms with E-state index < -0.39 is 26.8 Å². The van der Waals surface area contributed by atoms with Gasteiger partial charge in [0.1, 0.15) is 22.4 Å². The molecule has 31 heavy (non-hydrogen) atoms. The average molecular weight is 437 g/mol. The molecular weight excluding hydrogens is 417 g/mol. The molecule has 0 aliphatic heterocycles. The number of sulfone groups is 1. The van der Waals surface area contributed by atoms with Gasteiger partial charge in [0.05, 0.1) is 10.6 Å². The minimum atomic E-state index is -3.89. The first kappa shape index (κ1) is 20.7. The first-order chi connectivity index (χ1) is 14.9. The van der Waals surface area contributed by atoms with Gasteiger partial charge in [-0.15, -0.1) is 0 Å². The van der Waals surface area contributed by atoms with Crippen LogP contribution in [0.2, 0.25) is 0 Å². The number of nitrogens with one attached hydrogen (secondary N) is 1. The van der Waals surface area contributed by atoms with Gasteiger partial charge in [-0.1, -0.05) is 36.4 Å². The Morgan fingerprint density at radius 1 is 1.03 bits per heavy atom. The van der Waals surface area contributed by atoms with Crippen molar-refractivity contribution < 1.29 is 17.6 Å². The lowest BCUT2D eigenvalue weighted by atomic mass is 10.1. The maximum atomic E-state index is 13.3. The number of halogens is 1. The van der Waals surface area contributed by atoms with E-state index in [1.165, 1.54) is 12.1 Å². The number of amides is 1. The quantitative estimate of drug-likeness (QED) is 0.466.